The van der Waals surface area contributed by atoms with Gasteiger partial charge < -0.3 is 5.32 Å². The second kappa shape index (κ2) is 7.25. The molecule has 1 fully saturated rings. The monoisotopic (exact) mass is 283 g/mol. The standard InChI is InChI=1S/C16H23ClFN/c1-2-12-3-5-13(6-4-12)10-19-11-14-7-8-15(18)9-16(14)17/h7-9,12-13,19H,2-6,10-11H2,1H3. The zero-order valence-electron chi connectivity index (χ0n) is 11.6. The van der Waals surface area contributed by atoms with Gasteiger partial charge in [0.25, 0.3) is 0 Å². The fourth-order valence-corrected chi connectivity index (χ4v) is 3.15. The molecular weight excluding hydrogens is 261 g/mol. The largest absolute Gasteiger partial charge is 0.312 e. The summed E-state index contributed by atoms with van der Waals surface area (Å²) in [5, 5.41) is 3.97. The van der Waals surface area contributed by atoms with Crippen LogP contribution in [0, 0.1) is 17.7 Å². The number of benzene rings is 1. The summed E-state index contributed by atoms with van der Waals surface area (Å²) < 4.78 is 12.9. The first-order valence-corrected chi connectivity index (χ1v) is 7.71. The Morgan fingerprint density at radius 1 is 1.21 bits per heavy atom. The summed E-state index contributed by atoms with van der Waals surface area (Å²) in [6.07, 6.45) is 6.75. The van der Waals surface area contributed by atoms with Crippen LogP contribution >= 0.6 is 11.6 Å². The number of hydrogen-bond donors (Lipinski definition) is 1. The minimum absolute atomic E-state index is 0.272. The summed E-state index contributed by atoms with van der Waals surface area (Å²) in [4.78, 5) is 0. The van der Waals surface area contributed by atoms with E-state index in [1.807, 2.05) is 0 Å². The van der Waals surface area contributed by atoms with E-state index in [0.717, 1.165) is 30.5 Å². The Morgan fingerprint density at radius 3 is 2.53 bits per heavy atom. The molecule has 0 heterocycles. The van der Waals surface area contributed by atoms with Crippen LogP contribution in [-0.2, 0) is 6.54 Å². The molecule has 1 aliphatic carbocycles. The van der Waals surface area contributed by atoms with Gasteiger partial charge in [-0.15, -0.1) is 0 Å². The van der Waals surface area contributed by atoms with Crippen molar-refractivity contribution in [3.05, 3.63) is 34.6 Å². The molecule has 1 aromatic carbocycles. The first-order chi connectivity index (χ1) is 9.19. The summed E-state index contributed by atoms with van der Waals surface area (Å²) in [5.41, 5.74) is 0.977. The second-order valence-electron chi connectivity index (χ2n) is 5.66. The topological polar surface area (TPSA) is 12.0 Å². The maximum atomic E-state index is 12.9. The van der Waals surface area contributed by atoms with E-state index in [9.17, 15) is 4.39 Å². The Morgan fingerprint density at radius 2 is 1.89 bits per heavy atom. The van der Waals surface area contributed by atoms with Gasteiger partial charge in [-0.1, -0.05) is 43.9 Å². The van der Waals surface area contributed by atoms with E-state index in [1.54, 1.807) is 6.07 Å². The van der Waals surface area contributed by atoms with E-state index in [4.69, 9.17) is 11.6 Å². The van der Waals surface area contributed by atoms with Crippen molar-refractivity contribution < 1.29 is 4.39 Å². The average molecular weight is 284 g/mol. The molecule has 0 unspecified atom stereocenters. The highest BCUT2D eigenvalue weighted by atomic mass is 35.5. The molecule has 0 bridgehead atoms. The zero-order valence-corrected chi connectivity index (χ0v) is 12.3. The van der Waals surface area contributed by atoms with Crippen LogP contribution in [0.4, 0.5) is 4.39 Å². The zero-order chi connectivity index (χ0) is 13.7. The Labute approximate surface area is 120 Å². The van der Waals surface area contributed by atoms with E-state index in [0.29, 0.717) is 5.02 Å². The molecule has 2 rings (SSSR count). The van der Waals surface area contributed by atoms with Crippen molar-refractivity contribution in [1.82, 2.24) is 5.32 Å². The van der Waals surface area contributed by atoms with Gasteiger partial charge in [0, 0.05) is 11.6 Å². The highest BCUT2D eigenvalue weighted by molar-refractivity contribution is 6.31. The van der Waals surface area contributed by atoms with Crippen LogP contribution in [0.2, 0.25) is 5.02 Å². The minimum Gasteiger partial charge on any atom is -0.312 e. The molecule has 0 saturated heterocycles. The van der Waals surface area contributed by atoms with Crippen molar-refractivity contribution >= 4 is 11.6 Å². The van der Waals surface area contributed by atoms with Crippen LogP contribution in [0.15, 0.2) is 18.2 Å². The summed E-state index contributed by atoms with van der Waals surface area (Å²) in [7, 11) is 0. The number of rotatable bonds is 5. The fraction of sp³-hybridized carbons (Fsp3) is 0.625. The quantitative estimate of drug-likeness (QED) is 0.820. The third-order valence-electron chi connectivity index (χ3n) is 4.31. The van der Waals surface area contributed by atoms with Crippen LogP contribution in [0.1, 0.15) is 44.6 Å². The van der Waals surface area contributed by atoms with Gasteiger partial charge in [0.15, 0.2) is 0 Å². The van der Waals surface area contributed by atoms with Gasteiger partial charge in [-0.3, -0.25) is 0 Å². The smallest absolute Gasteiger partial charge is 0.124 e. The molecule has 0 aromatic heterocycles. The first-order valence-electron chi connectivity index (χ1n) is 7.33. The van der Waals surface area contributed by atoms with Crippen molar-refractivity contribution in [1.29, 1.82) is 0 Å². The van der Waals surface area contributed by atoms with Gasteiger partial charge in [-0.05, 0) is 48.9 Å². The third kappa shape index (κ3) is 4.47. The molecule has 1 N–H and O–H groups in total. The highest BCUT2D eigenvalue weighted by Crippen LogP contribution is 2.30. The molecule has 3 heteroatoms. The number of nitrogens with one attached hydrogen (secondary N) is 1. The minimum atomic E-state index is -0.272. The van der Waals surface area contributed by atoms with Crippen molar-refractivity contribution in [3.63, 3.8) is 0 Å². The van der Waals surface area contributed by atoms with Gasteiger partial charge in [0.1, 0.15) is 5.82 Å². The molecule has 1 saturated carbocycles. The maximum absolute atomic E-state index is 12.9. The average Bonchev–Trinajstić information content (AvgIpc) is 2.42. The van der Waals surface area contributed by atoms with Crippen molar-refractivity contribution in [2.45, 2.75) is 45.6 Å². The maximum Gasteiger partial charge on any atom is 0.124 e. The van der Waals surface area contributed by atoms with Crippen molar-refractivity contribution in [2.75, 3.05) is 6.54 Å². The molecule has 106 valence electrons. The van der Waals surface area contributed by atoms with Crippen LogP contribution < -0.4 is 5.32 Å². The predicted molar refractivity (Wildman–Crippen MR) is 78.9 cm³/mol. The molecule has 1 aromatic rings. The Balaban J connectivity index is 1.72. The summed E-state index contributed by atoms with van der Waals surface area (Å²) in [6.45, 7) is 4.07. The van der Waals surface area contributed by atoms with E-state index in [1.165, 1.54) is 44.2 Å². The SMILES string of the molecule is CCC1CCC(CNCc2ccc(F)cc2Cl)CC1. The van der Waals surface area contributed by atoms with Crippen molar-refractivity contribution in [3.8, 4) is 0 Å². The number of halogens is 2. The lowest BCUT2D eigenvalue weighted by Gasteiger charge is -2.28. The molecule has 0 radical (unpaired) electrons. The normalized spacial score (nSPS) is 23.5. The van der Waals surface area contributed by atoms with Gasteiger partial charge in [0.2, 0.25) is 0 Å². The van der Waals surface area contributed by atoms with Crippen LogP contribution in [0.25, 0.3) is 0 Å². The van der Waals surface area contributed by atoms with E-state index in [-0.39, 0.29) is 5.82 Å². The first kappa shape index (κ1) is 14.8. The molecule has 19 heavy (non-hydrogen) atoms. The van der Waals surface area contributed by atoms with Crippen LogP contribution in [-0.4, -0.2) is 6.54 Å². The van der Waals surface area contributed by atoms with Gasteiger partial charge in [0.05, 0.1) is 0 Å². The van der Waals surface area contributed by atoms with Gasteiger partial charge in [-0.2, -0.15) is 0 Å². The summed E-state index contributed by atoms with van der Waals surface area (Å²) in [6, 6.07) is 4.61. The predicted octanol–water partition coefficient (Wildman–Crippen LogP) is 4.79. The van der Waals surface area contributed by atoms with Gasteiger partial charge >= 0.3 is 0 Å². The Hall–Kier alpha value is -0.600. The lowest BCUT2D eigenvalue weighted by Crippen LogP contribution is -2.26. The summed E-state index contributed by atoms with van der Waals surface area (Å²) >= 11 is 6.01. The lowest BCUT2D eigenvalue weighted by molar-refractivity contribution is 0.262. The fourth-order valence-electron chi connectivity index (χ4n) is 2.92. The molecule has 0 amide bonds. The third-order valence-corrected chi connectivity index (χ3v) is 4.66. The summed E-state index contributed by atoms with van der Waals surface area (Å²) in [5.74, 6) is 1.47. The lowest BCUT2D eigenvalue weighted by atomic mass is 9.81. The molecule has 1 aliphatic rings. The van der Waals surface area contributed by atoms with Gasteiger partial charge in [-0.25, -0.2) is 4.39 Å². The number of hydrogen-bond acceptors (Lipinski definition) is 1. The second-order valence-corrected chi connectivity index (χ2v) is 6.07. The van der Waals surface area contributed by atoms with Crippen molar-refractivity contribution in [2.24, 2.45) is 11.8 Å². The Kier molecular flexibility index (Phi) is 5.65. The molecule has 0 aliphatic heterocycles. The van der Waals surface area contributed by atoms with Crippen LogP contribution in [0.3, 0.4) is 0 Å². The Bertz CT molecular complexity index is 400. The molecule has 0 atom stereocenters. The van der Waals surface area contributed by atoms with Crippen LogP contribution in [0.5, 0.6) is 0 Å². The van der Waals surface area contributed by atoms with E-state index in [2.05, 4.69) is 12.2 Å². The highest BCUT2D eigenvalue weighted by Gasteiger charge is 2.19. The van der Waals surface area contributed by atoms with E-state index < -0.39 is 0 Å². The molecular formula is C16H23ClFN. The molecule has 0 spiro atoms. The molecule has 1 nitrogen and oxygen atoms in total. The van der Waals surface area contributed by atoms with E-state index >= 15 is 0 Å².